The number of hydrogen-bond acceptors (Lipinski definition) is 7. The summed E-state index contributed by atoms with van der Waals surface area (Å²) in [5.41, 5.74) is -0.631. The first-order valence-corrected chi connectivity index (χ1v) is 11.7. The third-order valence-electron chi connectivity index (χ3n) is 5.26. The lowest BCUT2D eigenvalue weighted by Crippen LogP contribution is -2.15. The van der Waals surface area contributed by atoms with Gasteiger partial charge in [-0.25, -0.2) is 9.59 Å². The number of alkyl halides is 3. The third-order valence-corrected chi connectivity index (χ3v) is 5.26. The van der Waals surface area contributed by atoms with Gasteiger partial charge in [-0.3, -0.25) is 4.79 Å². The lowest BCUT2D eigenvalue weighted by molar-refractivity contribution is -0.154. The molecule has 0 aliphatic heterocycles. The average Bonchev–Trinajstić information content (AvgIpc) is 2.92. The van der Waals surface area contributed by atoms with Crippen molar-refractivity contribution >= 4 is 29.0 Å². The number of esters is 2. The summed E-state index contributed by atoms with van der Waals surface area (Å²) < 4.78 is 62.0. The van der Waals surface area contributed by atoms with Crippen LogP contribution in [0.25, 0.3) is 17.0 Å². The molecule has 3 aromatic carbocycles. The number of benzene rings is 3. The number of carbonyl (C=O) groups excluding carboxylic acids is 2. The molecule has 0 spiro atoms. The van der Waals surface area contributed by atoms with Crippen LogP contribution in [0.4, 0.5) is 13.2 Å². The third kappa shape index (κ3) is 6.72. The Morgan fingerprint density at radius 1 is 0.949 bits per heavy atom. The van der Waals surface area contributed by atoms with Gasteiger partial charge in [0.05, 0.1) is 17.6 Å². The van der Waals surface area contributed by atoms with E-state index in [1.807, 2.05) is 13.0 Å². The van der Waals surface area contributed by atoms with Gasteiger partial charge in [0.25, 0.3) is 5.76 Å². The highest BCUT2D eigenvalue weighted by molar-refractivity contribution is 5.90. The van der Waals surface area contributed by atoms with Crippen LogP contribution in [0.3, 0.4) is 0 Å². The van der Waals surface area contributed by atoms with E-state index in [-0.39, 0.29) is 29.1 Å². The van der Waals surface area contributed by atoms with Gasteiger partial charge in [-0.1, -0.05) is 37.3 Å². The number of rotatable bonds is 8. The van der Waals surface area contributed by atoms with Crippen LogP contribution in [-0.4, -0.2) is 18.5 Å². The first-order valence-electron chi connectivity index (χ1n) is 11.7. The Kier molecular flexibility index (Phi) is 8.14. The Morgan fingerprint density at radius 2 is 1.64 bits per heavy atom. The van der Waals surface area contributed by atoms with Crippen LogP contribution < -0.4 is 14.9 Å². The van der Waals surface area contributed by atoms with Crippen molar-refractivity contribution < 1.29 is 41.4 Å². The SMILES string of the molecule is CCCOC(=O)c1ccc(Oc2c(C(F)(F)F)oc3cc(OC(=O)C=Cc4ccccc4)ccc3c2=O)cc1. The van der Waals surface area contributed by atoms with Crippen molar-refractivity contribution in [1.82, 2.24) is 0 Å². The van der Waals surface area contributed by atoms with Crippen LogP contribution in [0.2, 0.25) is 0 Å². The van der Waals surface area contributed by atoms with E-state index in [2.05, 4.69) is 0 Å². The number of halogens is 3. The molecule has 4 aromatic rings. The summed E-state index contributed by atoms with van der Waals surface area (Å²) in [5, 5.41) is -0.225. The fourth-order valence-corrected chi connectivity index (χ4v) is 3.43. The molecule has 0 unspecified atom stereocenters. The molecule has 10 heteroatoms. The zero-order chi connectivity index (χ0) is 28.0. The minimum Gasteiger partial charge on any atom is -0.462 e. The summed E-state index contributed by atoms with van der Waals surface area (Å²) in [7, 11) is 0. The highest BCUT2D eigenvalue weighted by atomic mass is 19.4. The Bertz CT molecular complexity index is 1570. The van der Waals surface area contributed by atoms with E-state index in [4.69, 9.17) is 18.6 Å². The molecule has 0 aliphatic carbocycles. The Morgan fingerprint density at radius 3 is 2.31 bits per heavy atom. The molecule has 0 N–H and O–H groups in total. The molecular formula is C29H21F3O7. The molecule has 1 aromatic heterocycles. The second-order valence-electron chi connectivity index (χ2n) is 8.17. The minimum atomic E-state index is -5.09. The molecule has 4 rings (SSSR count). The van der Waals surface area contributed by atoms with Crippen LogP contribution >= 0.6 is 0 Å². The minimum absolute atomic E-state index is 0.124. The van der Waals surface area contributed by atoms with Gasteiger partial charge in [0.15, 0.2) is 0 Å². The lowest BCUT2D eigenvalue weighted by Gasteiger charge is -2.14. The molecule has 0 saturated carbocycles. The maximum Gasteiger partial charge on any atom is 0.453 e. The monoisotopic (exact) mass is 538 g/mol. The fraction of sp³-hybridized carbons (Fsp3) is 0.138. The van der Waals surface area contributed by atoms with E-state index >= 15 is 0 Å². The first kappa shape index (κ1) is 27.2. The van der Waals surface area contributed by atoms with Crippen LogP contribution in [0.15, 0.2) is 88.1 Å². The summed E-state index contributed by atoms with van der Waals surface area (Å²) in [6.07, 6.45) is -1.80. The molecule has 39 heavy (non-hydrogen) atoms. The summed E-state index contributed by atoms with van der Waals surface area (Å²) in [5.74, 6) is -4.38. The standard InChI is InChI=1S/C29H21F3O7/c1-2-16-36-28(35)19-9-11-20(12-10-19)38-26-25(34)22-14-13-21(17-23(22)39-27(26)29(30,31)32)37-24(33)15-8-18-6-4-3-5-7-18/h3-15,17H,2,16H2,1H3. The van der Waals surface area contributed by atoms with E-state index in [0.717, 1.165) is 17.7 Å². The number of hydrogen-bond donors (Lipinski definition) is 0. The lowest BCUT2D eigenvalue weighted by atomic mass is 10.2. The quantitative estimate of drug-likeness (QED) is 0.139. The molecule has 0 fully saturated rings. The highest BCUT2D eigenvalue weighted by Gasteiger charge is 2.40. The zero-order valence-electron chi connectivity index (χ0n) is 20.5. The van der Waals surface area contributed by atoms with E-state index in [1.54, 1.807) is 24.3 Å². The van der Waals surface area contributed by atoms with Crippen molar-refractivity contribution in [2.75, 3.05) is 6.61 Å². The summed E-state index contributed by atoms with van der Waals surface area (Å²) >= 11 is 0. The van der Waals surface area contributed by atoms with Crippen molar-refractivity contribution in [1.29, 1.82) is 0 Å². The summed E-state index contributed by atoms with van der Waals surface area (Å²) in [4.78, 5) is 37.1. The van der Waals surface area contributed by atoms with E-state index in [1.165, 1.54) is 42.5 Å². The largest absolute Gasteiger partial charge is 0.462 e. The molecule has 7 nitrogen and oxygen atoms in total. The van der Waals surface area contributed by atoms with Gasteiger partial charge in [-0.05, 0) is 54.5 Å². The van der Waals surface area contributed by atoms with Gasteiger partial charge >= 0.3 is 18.1 Å². The van der Waals surface area contributed by atoms with Crippen molar-refractivity contribution in [3.8, 4) is 17.2 Å². The topological polar surface area (TPSA) is 92.0 Å². The highest BCUT2D eigenvalue weighted by Crippen LogP contribution is 2.38. The Balaban J connectivity index is 1.61. The second kappa shape index (κ2) is 11.7. The van der Waals surface area contributed by atoms with Crippen molar-refractivity contribution in [2.45, 2.75) is 19.5 Å². The summed E-state index contributed by atoms with van der Waals surface area (Å²) in [6.45, 7) is 2.05. The fourth-order valence-electron chi connectivity index (χ4n) is 3.43. The zero-order valence-corrected chi connectivity index (χ0v) is 20.5. The maximum absolute atomic E-state index is 13.9. The van der Waals surface area contributed by atoms with Crippen molar-refractivity contribution in [3.63, 3.8) is 0 Å². The average molecular weight is 538 g/mol. The molecule has 0 bridgehead atoms. The Labute approximate surface area is 220 Å². The van der Waals surface area contributed by atoms with Gasteiger partial charge in [-0.15, -0.1) is 0 Å². The predicted molar refractivity (Wildman–Crippen MR) is 136 cm³/mol. The molecule has 0 amide bonds. The van der Waals surface area contributed by atoms with Gasteiger partial charge < -0.3 is 18.6 Å². The van der Waals surface area contributed by atoms with Crippen molar-refractivity contribution in [2.24, 2.45) is 0 Å². The van der Waals surface area contributed by atoms with E-state index in [0.29, 0.717) is 6.42 Å². The molecule has 0 atom stereocenters. The molecule has 0 saturated heterocycles. The van der Waals surface area contributed by atoms with Gasteiger partial charge in [0.1, 0.15) is 17.1 Å². The van der Waals surface area contributed by atoms with E-state index in [9.17, 15) is 27.6 Å². The van der Waals surface area contributed by atoms with Gasteiger partial charge in [0.2, 0.25) is 11.2 Å². The van der Waals surface area contributed by atoms with E-state index < -0.39 is 40.6 Å². The smallest absolute Gasteiger partial charge is 0.453 e. The normalized spacial score (nSPS) is 11.5. The summed E-state index contributed by atoms with van der Waals surface area (Å²) in [6, 6.07) is 17.4. The number of carbonyl (C=O) groups is 2. The van der Waals surface area contributed by atoms with Crippen molar-refractivity contribution in [3.05, 3.63) is 106 Å². The maximum atomic E-state index is 13.9. The first-order chi connectivity index (χ1) is 18.7. The van der Waals surface area contributed by atoms with Crippen LogP contribution in [0, 0.1) is 0 Å². The molecule has 1 heterocycles. The van der Waals surface area contributed by atoms with Gasteiger partial charge in [-0.2, -0.15) is 13.2 Å². The second-order valence-corrected chi connectivity index (χ2v) is 8.17. The van der Waals surface area contributed by atoms with Gasteiger partial charge in [0, 0.05) is 12.1 Å². The Hall–Kier alpha value is -4.86. The molecular weight excluding hydrogens is 517 g/mol. The molecule has 0 aliphatic rings. The number of ether oxygens (including phenoxy) is 3. The van der Waals surface area contributed by atoms with Crippen LogP contribution in [-0.2, 0) is 15.7 Å². The number of fused-ring (bicyclic) bond motifs is 1. The van der Waals surface area contributed by atoms with Crippen LogP contribution in [0.5, 0.6) is 17.2 Å². The molecule has 200 valence electrons. The van der Waals surface area contributed by atoms with Crippen LogP contribution in [0.1, 0.15) is 35.0 Å². The predicted octanol–water partition coefficient (Wildman–Crippen LogP) is 6.79. The molecule has 0 radical (unpaired) electrons.